The number of phenols is 1. The first-order valence-corrected chi connectivity index (χ1v) is 12.1. The van der Waals surface area contributed by atoms with Gasteiger partial charge in [-0.3, -0.25) is 4.79 Å². The Balaban J connectivity index is 1.66. The maximum atomic E-state index is 16.2. The van der Waals surface area contributed by atoms with Crippen LogP contribution in [0.25, 0.3) is 32.8 Å². The van der Waals surface area contributed by atoms with Crippen molar-refractivity contribution in [3.63, 3.8) is 0 Å². The summed E-state index contributed by atoms with van der Waals surface area (Å²) in [5.74, 6) is 0.0140. The van der Waals surface area contributed by atoms with Gasteiger partial charge in [-0.1, -0.05) is 42.4 Å². The smallest absolute Gasteiger partial charge is 0.246 e. The number of phenolic OH excluding ortho intramolecular Hbond substituents is 1. The van der Waals surface area contributed by atoms with E-state index in [0.29, 0.717) is 42.2 Å². The number of carbonyl (C=O) groups excluding carboxylic acids is 1. The van der Waals surface area contributed by atoms with Crippen molar-refractivity contribution in [1.82, 2.24) is 14.9 Å². The number of carbonyl (C=O) groups is 1. The van der Waals surface area contributed by atoms with E-state index < -0.39 is 5.82 Å². The zero-order valence-electron chi connectivity index (χ0n) is 20.1. The van der Waals surface area contributed by atoms with E-state index in [1.807, 2.05) is 29.2 Å². The van der Waals surface area contributed by atoms with Crippen molar-refractivity contribution in [3.05, 3.63) is 71.8 Å². The van der Waals surface area contributed by atoms with E-state index in [0.717, 1.165) is 10.8 Å². The fraction of sp³-hybridized carbons (Fsp3) is 0.214. The predicted octanol–water partition coefficient (Wildman–Crippen LogP) is 5.37. The molecule has 1 aliphatic heterocycles. The molecule has 0 unspecified atom stereocenters. The second-order valence-corrected chi connectivity index (χ2v) is 9.36. The molecular formula is C28H23ClFN5O2. The number of benzene rings is 3. The Morgan fingerprint density at radius 3 is 2.81 bits per heavy atom. The molecule has 4 aromatic rings. The lowest BCUT2D eigenvalue weighted by molar-refractivity contribution is -0.128. The van der Waals surface area contributed by atoms with Gasteiger partial charge in [0.2, 0.25) is 5.91 Å². The molecule has 3 aromatic carbocycles. The van der Waals surface area contributed by atoms with Crippen LogP contribution in [0.2, 0.25) is 5.02 Å². The van der Waals surface area contributed by atoms with Gasteiger partial charge >= 0.3 is 0 Å². The molecule has 0 saturated carbocycles. The minimum absolute atomic E-state index is 0.000650. The van der Waals surface area contributed by atoms with E-state index in [9.17, 15) is 15.2 Å². The number of hydrogen-bond donors (Lipinski definition) is 1. The number of aryl methyl sites for hydroxylation is 1. The molecule has 0 radical (unpaired) electrons. The highest BCUT2D eigenvalue weighted by molar-refractivity contribution is 6.35. The van der Waals surface area contributed by atoms with E-state index in [1.54, 1.807) is 24.0 Å². The molecule has 2 heterocycles. The Labute approximate surface area is 218 Å². The van der Waals surface area contributed by atoms with Gasteiger partial charge in [-0.15, -0.1) is 0 Å². The van der Waals surface area contributed by atoms with E-state index in [-0.39, 0.29) is 40.2 Å². The standard InChI is InChI=1S/C28H23ClFN5O2/c1-3-24(37)35-11-10-34(15-18(35)8-9-31)28-22-14-23(29)25(26(30)27(22)32-16(2)33-28)21-13-19(36)12-17-6-4-5-7-20(17)21/h3-7,12-14,18,36H,1,8,10-11,15H2,2H3/t18-/m0/s1. The molecular weight excluding hydrogens is 493 g/mol. The quantitative estimate of drug-likeness (QED) is 0.367. The third kappa shape index (κ3) is 4.32. The van der Waals surface area contributed by atoms with Crippen LogP contribution in [-0.2, 0) is 4.79 Å². The van der Waals surface area contributed by atoms with Crippen LogP contribution in [0, 0.1) is 24.1 Å². The summed E-state index contributed by atoms with van der Waals surface area (Å²) in [6, 6.07) is 13.9. The van der Waals surface area contributed by atoms with Gasteiger partial charge in [0.05, 0.1) is 23.6 Å². The number of halogens is 2. The number of amides is 1. The van der Waals surface area contributed by atoms with E-state index >= 15 is 4.39 Å². The lowest BCUT2D eigenvalue weighted by atomic mass is 9.96. The van der Waals surface area contributed by atoms with Crippen molar-refractivity contribution in [1.29, 1.82) is 5.26 Å². The molecule has 1 atom stereocenters. The van der Waals surface area contributed by atoms with E-state index in [4.69, 9.17) is 11.6 Å². The largest absolute Gasteiger partial charge is 0.508 e. The molecule has 37 heavy (non-hydrogen) atoms. The zero-order valence-corrected chi connectivity index (χ0v) is 20.8. The zero-order chi connectivity index (χ0) is 26.3. The van der Waals surface area contributed by atoms with Crippen LogP contribution in [0.3, 0.4) is 0 Å². The lowest BCUT2D eigenvalue weighted by Crippen LogP contribution is -2.55. The summed E-state index contributed by atoms with van der Waals surface area (Å²) >= 11 is 6.71. The minimum atomic E-state index is -0.612. The summed E-state index contributed by atoms with van der Waals surface area (Å²) in [4.78, 5) is 24.9. The van der Waals surface area contributed by atoms with Gasteiger partial charge in [0, 0.05) is 30.6 Å². The first kappa shape index (κ1) is 24.5. The van der Waals surface area contributed by atoms with Crippen molar-refractivity contribution in [2.75, 3.05) is 24.5 Å². The summed E-state index contributed by atoms with van der Waals surface area (Å²) in [6.07, 6.45) is 1.38. The number of anilines is 1. The number of piperazine rings is 1. The topological polar surface area (TPSA) is 93.3 Å². The minimum Gasteiger partial charge on any atom is -0.508 e. The normalized spacial score (nSPS) is 15.7. The Hall–Kier alpha value is -4.22. The average molecular weight is 516 g/mol. The number of nitrogens with zero attached hydrogens (tertiary/aromatic N) is 5. The van der Waals surface area contributed by atoms with Gasteiger partial charge in [-0.2, -0.15) is 5.26 Å². The molecule has 1 saturated heterocycles. The lowest BCUT2D eigenvalue weighted by Gasteiger charge is -2.41. The van der Waals surface area contributed by atoms with Gasteiger partial charge in [-0.05, 0) is 47.5 Å². The van der Waals surface area contributed by atoms with Gasteiger partial charge < -0.3 is 14.9 Å². The summed E-state index contributed by atoms with van der Waals surface area (Å²) in [5, 5.41) is 21.7. The van der Waals surface area contributed by atoms with Gasteiger partial charge in [0.15, 0.2) is 5.82 Å². The first-order valence-electron chi connectivity index (χ1n) is 11.8. The van der Waals surface area contributed by atoms with Crippen LogP contribution in [0.4, 0.5) is 10.2 Å². The van der Waals surface area contributed by atoms with Crippen LogP contribution in [0.1, 0.15) is 12.2 Å². The second kappa shape index (κ2) is 9.68. The van der Waals surface area contributed by atoms with Crippen molar-refractivity contribution in [2.45, 2.75) is 19.4 Å². The number of nitriles is 1. The molecule has 9 heteroatoms. The van der Waals surface area contributed by atoms with E-state index in [2.05, 4.69) is 22.6 Å². The van der Waals surface area contributed by atoms with Crippen molar-refractivity contribution in [3.8, 4) is 22.9 Å². The highest BCUT2D eigenvalue weighted by atomic mass is 35.5. The second-order valence-electron chi connectivity index (χ2n) is 8.95. The van der Waals surface area contributed by atoms with Crippen LogP contribution in [-0.4, -0.2) is 51.6 Å². The highest BCUT2D eigenvalue weighted by Gasteiger charge is 2.31. The molecule has 1 N–H and O–H groups in total. The van der Waals surface area contributed by atoms with Crippen molar-refractivity contribution >= 4 is 45.0 Å². The van der Waals surface area contributed by atoms with Crippen molar-refractivity contribution in [2.24, 2.45) is 0 Å². The van der Waals surface area contributed by atoms with Gasteiger partial charge in [-0.25, -0.2) is 14.4 Å². The van der Waals surface area contributed by atoms with Crippen molar-refractivity contribution < 1.29 is 14.3 Å². The molecule has 0 bridgehead atoms. The molecule has 0 aliphatic carbocycles. The number of aromatic nitrogens is 2. The summed E-state index contributed by atoms with van der Waals surface area (Å²) in [7, 11) is 0. The fourth-order valence-electron chi connectivity index (χ4n) is 5.01. The van der Waals surface area contributed by atoms with Gasteiger partial charge in [0.25, 0.3) is 0 Å². The maximum Gasteiger partial charge on any atom is 0.246 e. The van der Waals surface area contributed by atoms with E-state index in [1.165, 1.54) is 12.1 Å². The Bertz CT molecular complexity index is 1620. The molecule has 1 aliphatic rings. The number of hydrogen-bond acceptors (Lipinski definition) is 6. The molecule has 1 fully saturated rings. The first-order chi connectivity index (χ1) is 17.8. The molecule has 186 valence electrons. The van der Waals surface area contributed by atoms with Crippen LogP contribution < -0.4 is 4.90 Å². The van der Waals surface area contributed by atoms with Crippen LogP contribution in [0.15, 0.2) is 55.1 Å². The summed E-state index contributed by atoms with van der Waals surface area (Å²) < 4.78 is 16.2. The molecule has 1 amide bonds. The number of aromatic hydroxyl groups is 1. The van der Waals surface area contributed by atoms with Gasteiger partial charge in [0.1, 0.15) is 22.9 Å². The summed E-state index contributed by atoms with van der Waals surface area (Å²) in [5.41, 5.74) is 0.716. The van der Waals surface area contributed by atoms with Crippen LogP contribution in [0.5, 0.6) is 5.75 Å². The maximum absolute atomic E-state index is 16.2. The molecule has 0 spiro atoms. The summed E-state index contributed by atoms with van der Waals surface area (Å²) in [6.45, 7) is 6.39. The Kier molecular flexibility index (Phi) is 6.40. The van der Waals surface area contributed by atoms with Crippen LogP contribution >= 0.6 is 11.6 Å². The molecule has 1 aromatic heterocycles. The molecule has 5 rings (SSSR count). The predicted molar refractivity (Wildman–Crippen MR) is 142 cm³/mol. The highest BCUT2D eigenvalue weighted by Crippen LogP contribution is 2.42. The third-order valence-corrected chi connectivity index (χ3v) is 6.96. The number of rotatable bonds is 4. The fourth-order valence-corrected chi connectivity index (χ4v) is 5.31. The monoisotopic (exact) mass is 515 g/mol. The Morgan fingerprint density at radius 2 is 2.05 bits per heavy atom. The third-order valence-electron chi connectivity index (χ3n) is 6.66. The number of fused-ring (bicyclic) bond motifs is 2. The average Bonchev–Trinajstić information content (AvgIpc) is 2.88. The SMILES string of the molecule is C=CC(=O)N1CCN(c2nc(C)nc3c(F)c(-c4cc(O)cc5ccccc45)c(Cl)cc23)C[C@@H]1CC#N. The molecule has 7 nitrogen and oxygen atoms in total. The Morgan fingerprint density at radius 1 is 1.27 bits per heavy atom.